The Balaban J connectivity index is 1.88. The van der Waals surface area contributed by atoms with Gasteiger partial charge in [-0.3, -0.25) is 9.97 Å². The molecular weight excluding hydrogens is 332 g/mol. The van der Waals surface area contributed by atoms with Crippen LogP contribution in [-0.4, -0.2) is 15.0 Å². The number of benzene rings is 2. The molecule has 0 aliphatic heterocycles. The third kappa shape index (κ3) is 2.33. The Morgan fingerprint density at radius 3 is 2.26 bits per heavy atom. The summed E-state index contributed by atoms with van der Waals surface area (Å²) in [5, 5.41) is 3.08. The van der Waals surface area contributed by atoms with Crippen molar-refractivity contribution < 1.29 is 0 Å². The molecule has 4 nitrogen and oxygen atoms in total. The Hall–Kier alpha value is -3.84. The molecule has 0 N–H and O–H groups in total. The van der Waals surface area contributed by atoms with Crippen LogP contribution in [0, 0.1) is 13.5 Å². The summed E-state index contributed by atoms with van der Waals surface area (Å²) < 4.78 is 0. The van der Waals surface area contributed by atoms with Crippen LogP contribution in [0.3, 0.4) is 0 Å². The van der Waals surface area contributed by atoms with Crippen LogP contribution in [0.15, 0.2) is 67.0 Å². The van der Waals surface area contributed by atoms with Crippen molar-refractivity contribution in [1.29, 1.82) is 0 Å². The van der Waals surface area contributed by atoms with Crippen LogP contribution in [0.2, 0.25) is 0 Å². The van der Waals surface area contributed by atoms with Gasteiger partial charge in [0, 0.05) is 28.6 Å². The van der Waals surface area contributed by atoms with E-state index in [-0.39, 0.29) is 0 Å². The van der Waals surface area contributed by atoms with E-state index < -0.39 is 0 Å². The third-order valence-electron chi connectivity index (χ3n) is 4.91. The lowest BCUT2D eigenvalue weighted by Crippen LogP contribution is -1.92. The highest BCUT2D eigenvalue weighted by molar-refractivity contribution is 6.21. The number of nitrogens with zero attached hydrogens (tertiary/aromatic N) is 4. The summed E-state index contributed by atoms with van der Waals surface area (Å²) in [5.74, 6) is 0. The Morgan fingerprint density at radius 2 is 1.48 bits per heavy atom. The van der Waals surface area contributed by atoms with Crippen molar-refractivity contribution >= 4 is 38.4 Å². The molecule has 0 atom stereocenters. The van der Waals surface area contributed by atoms with Gasteiger partial charge < -0.3 is 0 Å². The van der Waals surface area contributed by atoms with Crippen molar-refractivity contribution in [1.82, 2.24) is 15.0 Å². The normalized spacial score (nSPS) is 11.1. The van der Waals surface area contributed by atoms with E-state index >= 15 is 0 Å². The molecule has 0 aliphatic rings. The first-order valence-corrected chi connectivity index (χ1v) is 8.67. The van der Waals surface area contributed by atoms with E-state index in [1.807, 2.05) is 49.4 Å². The van der Waals surface area contributed by atoms with E-state index in [2.05, 4.69) is 26.9 Å². The van der Waals surface area contributed by atoms with Crippen LogP contribution in [-0.2, 0) is 0 Å². The zero-order valence-electron chi connectivity index (χ0n) is 14.6. The summed E-state index contributed by atoms with van der Waals surface area (Å²) in [4.78, 5) is 17.7. The summed E-state index contributed by atoms with van der Waals surface area (Å²) in [5.41, 5.74) is 6.07. The molecule has 5 rings (SSSR count). The van der Waals surface area contributed by atoms with Crippen molar-refractivity contribution in [3.8, 4) is 11.3 Å². The molecule has 0 spiro atoms. The van der Waals surface area contributed by atoms with Gasteiger partial charge >= 0.3 is 0 Å². The lowest BCUT2D eigenvalue weighted by atomic mass is 10.0. The van der Waals surface area contributed by atoms with E-state index in [4.69, 9.17) is 11.6 Å². The molecule has 0 saturated heterocycles. The van der Waals surface area contributed by atoms with Crippen molar-refractivity contribution in [2.24, 2.45) is 0 Å². The smallest absolute Gasteiger partial charge is 0.190 e. The average molecular weight is 346 g/mol. The lowest BCUT2D eigenvalue weighted by Gasteiger charge is -2.10. The minimum absolute atomic E-state index is 0.656. The quantitative estimate of drug-likeness (QED) is 0.282. The fraction of sp³-hybridized carbons (Fsp3) is 0.0435. The van der Waals surface area contributed by atoms with Crippen LogP contribution >= 0.6 is 0 Å². The molecule has 126 valence electrons. The molecule has 0 fully saturated rings. The topological polar surface area (TPSA) is 43.0 Å². The number of aryl methyl sites for hydroxylation is 1. The maximum atomic E-state index is 7.36. The van der Waals surface area contributed by atoms with Gasteiger partial charge in [-0.25, -0.2) is 9.83 Å². The Kier molecular flexibility index (Phi) is 3.34. The minimum Gasteiger partial charge on any atom is -0.254 e. The van der Waals surface area contributed by atoms with Crippen LogP contribution < -0.4 is 0 Å². The number of fused-ring (bicyclic) bond motifs is 6. The van der Waals surface area contributed by atoms with Gasteiger partial charge in [-0.1, -0.05) is 18.2 Å². The number of hydrogen-bond acceptors (Lipinski definition) is 3. The van der Waals surface area contributed by atoms with E-state index in [1.165, 1.54) is 0 Å². The van der Waals surface area contributed by atoms with Gasteiger partial charge in [-0.2, -0.15) is 0 Å². The second-order valence-corrected chi connectivity index (χ2v) is 6.50. The fourth-order valence-corrected chi connectivity index (χ4v) is 3.53. The zero-order chi connectivity index (χ0) is 18.4. The Morgan fingerprint density at radius 1 is 0.778 bits per heavy atom. The number of pyridine rings is 3. The first-order valence-electron chi connectivity index (χ1n) is 8.67. The predicted octanol–water partition coefficient (Wildman–Crippen LogP) is 5.86. The molecular formula is C23H14N4. The molecule has 3 heterocycles. The zero-order valence-corrected chi connectivity index (χ0v) is 14.6. The summed E-state index contributed by atoms with van der Waals surface area (Å²) in [6.07, 6.45) is 3.58. The summed E-state index contributed by atoms with van der Waals surface area (Å²) in [6, 6.07) is 17.9. The summed E-state index contributed by atoms with van der Waals surface area (Å²) >= 11 is 0. The summed E-state index contributed by atoms with van der Waals surface area (Å²) in [7, 11) is 0. The molecule has 2 aromatic carbocycles. The van der Waals surface area contributed by atoms with E-state index in [9.17, 15) is 0 Å². The van der Waals surface area contributed by atoms with Gasteiger partial charge in [0.15, 0.2) is 5.69 Å². The number of hydrogen-bond donors (Lipinski definition) is 0. The highest BCUT2D eigenvalue weighted by atomic mass is 14.8. The van der Waals surface area contributed by atoms with Crippen LogP contribution in [0.4, 0.5) is 5.69 Å². The molecule has 0 radical (unpaired) electrons. The first kappa shape index (κ1) is 15.4. The monoisotopic (exact) mass is 346 g/mol. The maximum Gasteiger partial charge on any atom is 0.190 e. The van der Waals surface area contributed by atoms with Gasteiger partial charge in [-0.05, 0) is 54.4 Å². The van der Waals surface area contributed by atoms with E-state index in [1.54, 1.807) is 12.4 Å². The van der Waals surface area contributed by atoms with Crippen molar-refractivity contribution in [3.05, 3.63) is 84.0 Å². The first-order chi connectivity index (χ1) is 13.3. The Bertz CT molecular complexity index is 1360. The molecule has 0 bridgehead atoms. The second-order valence-electron chi connectivity index (χ2n) is 6.50. The van der Waals surface area contributed by atoms with Gasteiger partial charge in [0.25, 0.3) is 0 Å². The second kappa shape index (κ2) is 5.86. The largest absolute Gasteiger partial charge is 0.254 e. The molecule has 5 aromatic rings. The molecule has 0 saturated carbocycles. The van der Waals surface area contributed by atoms with Crippen LogP contribution in [0.5, 0.6) is 0 Å². The fourth-order valence-electron chi connectivity index (χ4n) is 3.53. The molecule has 4 heteroatoms. The molecule has 0 unspecified atom stereocenters. The number of aromatic nitrogens is 3. The van der Waals surface area contributed by atoms with Crippen LogP contribution in [0.1, 0.15) is 5.56 Å². The molecule has 0 aliphatic carbocycles. The van der Waals surface area contributed by atoms with Crippen molar-refractivity contribution in [2.75, 3.05) is 0 Å². The predicted molar refractivity (Wildman–Crippen MR) is 109 cm³/mol. The third-order valence-corrected chi connectivity index (χ3v) is 4.91. The van der Waals surface area contributed by atoms with Gasteiger partial charge in [0.1, 0.15) is 0 Å². The molecule has 3 aromatic heterocycles. The Labute approximate surface area is 156 Å². The van der Waals surface area contributed by atoms with Crippen molar-refractivity contribution in [2.45, 2.75) is 6.92 Å². The average Bonchev–Trinajstić information content (AvgIpc) is 2.74. The minimum atomic E-state index is 0.656. The standard InChI is InChI=1S/C23H14N4/c1-14-7-8-15(13-20(14)24-2)19-10-9-17-16-5-3-11-25-22(16)23-18(21(17)27-19)6-4-12-26-23/h3-13H,1H3. The highest BCUT2D eigenvalue weighted by Crippen LogP contribution is 2.34. The van der Waals surface area contributed by atoms with Crippen molar-refractivity contribution in [3.63, 3.8) is 0 Å². The van der Waals surface area contributed by atoms with Crippen LogP contribution in [0.25, 0.3) is 48.8 Å². The molecule has 27 heavy (non-hydrogen) atoms. The highest BCUT2D eigenvalue weighted by Gasteiger charge is 2.12. The van der Waals surface area contributed by atoms with Gasteiger partial charge in [0.2, 0.25) is 0 Å². The van der Waals surface area contributed by atoms with E-state index in [0.29, 0.717) is 5.69 Å². The summed E-state index contributed by atoms with van der Waals surface area (Å²) in [6.45, 7) is 9.31. The van der Waals surface area contributed by atoms with Gasteiger partial charge in [-0.15, -0.1) is 0 Å². The lowest BCUT2D eigenvalue weighted by molar-refractivity contribution is 1.36. The SMILES string of the molecule is [C-]#[N+]c1cc(-c2ccc3c4cccnc4c4ncccc4c3n2)ccc1C. The maximum absolute atomic E-state index is 7.36. The van der Waals surface area contributed by atoms with Gasteiger partial charge in [0.05, 0.1) is 28.8 Å². The van der Waals surface area contributed by atoms with E-state index in [0.717, 1.165) is 49.5 Å². The number of rotatable bonds is 1. The molecule has 0 amide bonds.